The number of ether oxygens (including phenoxy) is 1. The van der Waals surface area contributed by atoms with Gasteiger partial charge in [0.05, 0.1) is 0 Å². The fraction of sp³-hybridized carbons (Fsp3) is 0.278. The summed E-state index contributed by atoms with van der Waals surface area (Å²) in [5, 5.41) is 11.0. The van der Waals surface area contributed by atoms with Crippen LogP contribution in [-0.2, 0) is 11.2 Å². The minimum Gasteiger partial charge on any atom is -0.488 e. The van der Waals surface area contributed by atoms with Crippen molar-refractivity contribution < 1.29 is 14.6 Å². The maximum absolute atomic E-state index is 11.0. The van der Waals surface area contributed by atoms with Crippen molar-refractivity contribution in [1.29, 1.82) is 0 Å². The summed E-state index contributed by atoms with van der Waals surface area (Å²) in [7, 11) is 0. The van der Waals surface area contributed by atoms with E-state index in [0.29, 0.717) is 6.42 Å². The molecular weight excluding hydrogens is 264 g/mol. The molecule has 0 saturated heterocycles. The predicted molar refractivity (Wildman–Crippen MR) is 84.8 cm³/mol. The van der Waals surface area contributed by atoms with E-state index in [-0.39, 0.29) is 11.2 Å². The fourth-order valence-corrected chi connectivity index (χ4v) is 2.21. The van der Waals surface area contributed by atoms with Crippen LogP contribution in [0.25, 0.3) is 10.8 Å². The Morgan fingerprint density at radius 1 is 1.14 bits per heavy atom. The van der Waals surface area contributed by atoms with Gasteiger partial charge in [-0.2, -0.15) is 0 Å². The molecule has 110 valence electrons. The van der Waals surface area contributed by atoms with Crippen molar-refractivity contribution >= 4 is 16.7 Å². The van der Waals surface area contributed by atoms with Gasteiger partial charge >= 0.3 is 5.97 Å². The maximum atomic E-state index is 11.0. The van der Waals surface area contributed by atoms with E-state index < -0.39 is 5.97 Å². The van der Waals surface area contributed by atoms with Gasteiger partial charge in [-0.05, 0) is 37.8 Å². The van der Waals surface area contributed by atoms with E-state index >= 15 is 0 Å². The van der Waals surface area contributed by atoms with Gasteiger partial charge < -0.3 is 9.84 Å². The number of hydrogen-bond donors (Lipinski definition) is 1. The van der Waals surface area contributed by atoms with Crippen molar-refractivity contribution in [3.05, 3.63) is 54.1 Å². The summed E-state index contributed by atoms with van der Waals surface area (Å²) >= 11 is 0. The lowest BCUT2D eigenvalue weighted by Gasteiger charge is -2.23. The van der Waals surface area contributed by atoms with E-state index in [1.165, 1.54) is 0 Å². The number of benzene rings is 2. The molecule has 0 aliphatic heterocycles. The lowest BCUT2D eigenvalue weighted by atomic mass is 9.98. The summed E-state index contributed by atoms with van der Waals surface area (Å²) in [6.07, 6.45) is 0.325. The van der Waals surface area contributed by atoms with Gasteiger partial charge in [0.15, 0.2) is 0 Å². The summed E-state index contributed by atoms with van der Waals surface area (Å²) in [6, 6.07) is 11.7. The van der Waals surface area contributed by atoms with Crippen LogP contribution in [0.5, 0.6) is 5.75 Å². The summed E-state index contributed by atoms with van der Waals surface area (Å²) in [5.41, 5.74) is 0.846. The van der Waals surface area contributed by atoms with Crippen molar-refractivity contribution in [3.8, 4) is 5.75 Å². The highest BCUT2D eigenvalue weighted by molar-refractivity contribution is 5.93. The van der Waals surface area contributed by atoms with Gasteiger partial charge in [0, 0.05) is 17.4 Å². The highest BCUT2D eigenvalue weighted by Gasteiger charge is 2.16. The Balaban J connectivity index is 2.49. The predicted octanol–water partition coefficient (Wildman–Crippen LogP) is 4.20. The number of rotatable bonds is 4. The van der Waals surface area contributed by atoms with Gasteiger partial charge in [-0.1, -0.05) is 36.9 Å². The Bertz CT molecular complexity index is 693. The summed E-state index contributed by atoms with van der Waals surface area (Å²) < 4.78 is 5.98. The van der Waals surface area contributed by atoms with Crippen molar-refractivity contribution in [2.24, 2.45) is 0 Å². The van der Waals surface area contributed by atoms with E-state index in [9.17, 15) is 4.79 Å². The first-order chi connectivity index (χ1) is 9.78. The van der Waals surface area contributed by atoms with E-state index in [1.807, 2.05) is 57.2 Å². The molecule has 0 radical (unpaired) electrons. The molecule has 0 aliphatic carbocycles. The van der Waals surface area contributed by atoms with Crippen molar-refractivity contribution in [2.45, 2.75) is 32.8 Å². The molecule has 2 aromatic rings. The number of carboxylic acid groups (broad SMARTS) is 1. The second-order valence-electron chi connectivity index (χ2n) is 6.07. The van der Waals surface area contributed by atoms with Crippen LogP contribution in [0, 0.1) is 0 Å². The number of carbonyl (C=O) groups is 1. The molecule has 0 aliphatic rings. The Morgan fingerprint density at radius 2 is 1.76 bits per heavy atom. The van der Waals surface area contributed by atoms with Crippen molar-refractivity contribution in [1.82, 2.24) is 0 Å². The first-order valence-electron chi connectivity index (χ1n) is 6.88. The Kier molecular flexibility index (Phi) is 4.03. The molecule has 0 atom stereocenters. The second kappa shape index (κ2) is 5.60. The van der Waals surface area contributed by atoms with Crippen LogP contribution >= 0.6 is 0 Å². The molecule has 2 aromatic carbocycles. The lowest BCUT2D eigenvalue weighted by molar-refractivity contribution is -0.132. The Morgan fingerprint density at radius 3 is 2.33 bits per heavy atom. The molecule has 0 bridgehead atoms. The van der Waals surface area contributed by atoms with Gasteiger partial charge in [-0.15, -0.1) is 0 Å². The first-order valence-corrected chi connectivity index (χ1v) is 6.88. The van der Waals surface area contributed by atoms with Crippen LogP contribution < -0.4 is 4.74 Å². The topological polar surface area (TPSA) is 46.5 Å². The minimum absolute atomic E-state index is 0.185. The van der Waals surface area contributed by atoms with Crippen molar-refractivity contribution in [2.75, 3.05) is 0 Å². The molecule has 0 amide bonds. The SMILES string of the molecule is C=C(Cc1ccc(OC(C)(C)C)c2ccccc12)C(=O)O. The molecular formula is C18H20O3. The summed E-state index contributed by atoms with van der Waals surface area (Å²) in [4.78, 5) is 11.0. The number of aliphatic carboxylic acids is 1. The fourth-order valence-electron chi connectivity index (χ4n) is 2.21. The zero-order valence-electron chi connectivity index (χ0n) is 12.6. The average molecular weight is 284 g/mol. The van der Waals surface area contributed by atoms with Gasteiger partial charge in [-0.3, -0.25) is 0 Å². The molecule has 0 saturated carbocycles. The average Bonchev–Trinajstić information content (AvgIpc) is 2.40. The second-order valence-corrected chi connectivity index (χ2v) is 6.07. The third kappa shape index (κ3) is 3.63. The number of fused-ring (bicyclic) bond motifs is 1. The summed E-state index contributed by atoms with van der Waals surface area (Å²) in [5.74, 6) is -0.156. The van der Waals surface area contributed by atoms with Crippen molar-refractivity contribution in [3.63, 3.8) is 0 Å². The van der Waals surface area contributed by atoms with Gasteiger partial charge in [-0.25, -0.2) is 4.79 Å². The molecule has 1 N–H and O–H groups in total. The molecule has 21 heavy (non-hydrogen) atoms. The molecule has 3 nitrogen and oxygen atoms in total. The normalized spacial score (nSPS) is 11.4. The number of carboxylic acids is 1. The van der Waals surface area contributed by atoms with Crippen LogP contribution in [0.2, 0.25) is 0 Å². The first kappa shape index (κ1) is 15.1. The zero-order valence-corrected chi connectivity index (χ0v) is 12.6. The van der Waals surface area contributed by atoms with E-state index in [2.05, 4.69) is 6.58 Å². The standard InChI is InChI=1S/C18H20O3/c1-12(17(19)20)11-13-9-10-16(21-18(2,3)4)15-8-6-5-7-14(13)15/h5-10H,1,11H2,2-4H3,(H,19,20). The smallest absolute Gasteiger partial charge is 0.331 e. The largest absolute Gasteiger partial charge is 0.488 e. The molecule has 0 unspecified atom stereocenters. The number of hydrogen-bond acceptors (Lipinski definition) is 2. The van der Waals surface area contributed by atoms with Crippen LogP contribution in [0.1, 0.15) is 26.3 Å². The molecule has 2 rings (SSSR count). The third-order valence-corrected chi connectivity index (χ3v) is 3.10. The Labute approximate surface area is 124 Å². The lowest BCUT2D eigenvalue weighted by Crippen LogP contribution is -2.23. The molecule has 0 aromatic heterocycles. The van der Waals surface area contributed by atoms with Crippen LogP contribution in [0.3, 0.4) is 0 Å². The quantitative estimate of drug-likeness (QED) is 0.856. The highest BCUT2D eigenvalue weighted by Crippen LogP contribution is 2.31. The zero-order chi connectivity index (χ0) is 15.6. The molecule has 3 heteroatoms. The Hall–Kier alpha value is -2.29. The monoisotopic (exact) mass is 284 g/mol. The van der Waals surface area contributed by atoms with Crippen LogP contribution in [0.15, 0.2) is 48.6 Å². The van der Waals surface area contributed by atoms with E-state index in [1.54, 1.807) is 0 Å². The highest BCUT2D eigenvalue weighted by atomic mass is 16.5. The third-order valence-electron chi connectivity index (χ3n) is 3.10. The molecule has 0 heterocycles. The van der Waals surface area contributed by atoms with Gasteiger partial charge in [0.2, 0.25) is 0 Å². The van der Waals surface area contributed by atoms with Crippen LogP contribution in [0.4, 0.5) is 0 Å². The van der Waals surface area contributed by atoms with E-state index in [0.717, 1.165) is 22.1 Å². The molecule has 0 spiro atoms. The van der Waals surface area contributed by atoms with Gasteiger partial charge in [0.25, 0.3) is 0 Å². The maximum Gasteiger partial charge on any atom is 0.331 e. The van der Waals surface area contributed by atoms with Crippen LogP contribution in [-0.4, -0.2) is 16.7 Å². The molecule has 0 fully saturated rings. The van der Waals surface area contributed by atoms with E-state index in [4.69, 9.17) is 9.84 Å². The summed E-state index contributed by atoms with van der Waals surface area (Å²) in [6.45, 7) is 9.61. The van der Waals surface area contributed by atoms with Gasteiger partial charge in [0.1, 0.15) is 11.4 Å². The minimum atomic E-state index is -0.964.